The number of nitrogens with one attached hydrogen (secondary N) is 1. The van der Waals surface area contributed by atoms with Crippen molar-refractivity contribution in [2.45, 2.75) is 44.0 Å². The third kappa shape index (κ3) is 4.17. The SMILES string of the molecule is CCCCC(C)NS(=O)(=O)c1ccc([N+](=O)[O-])cc1N. The highest BCUT2D eigenvalue weighted by molar-refractivity contribution is 7.89. The van der Waals surface area contributed by atoms with Crippen LogP contribution in [0.2, 0.25) is 0 Å². The third-order valence-electron chi connectivity index (χ3n) is 2.84. The van der Waals surface area contributed by atoms with Gasteiger partial charge in [-0.3, -0.25) is 10.1 Å². The molecule has 1 aromatic rings. The molecule has 0 aliphatic heterocycles. The van der Waals surface area contributed by atoms with Crippen molar-refractivity contribution in [1.82, 2.24) is 4.72 Å². The predicted octanol–water partition coefficient (Wildman–Crippen LogP) is 2.03. The summed E-state index contributed by atoms with van der Waals surface area (Å²) in [7, 11) is -3.76. The number of rotatable bonds is 7. The van der Waals surface area contributed by atoms with Gasteiger partial charge < -0.3 is 5.73 Å². The second-order valence-electron chi connectivity index (χ2n) is 4.64. The molecule has 112 valence electrons. The quantitative estimate of drug-likeness (QED) is 0.454. The van der Waals surface area contributed by atoms with Crippen molar-refractivity contribution in [1.29, 1.82) is 0 Å². The maximum Gasteiger partial charge on any atom is 0.271 e. The minimum Gasteiger partial charge on any atom is -0.397 e. The molecule has 1 aromatic carbocycles. The zero-order chi connectivity index (χ0) is 15.3. The largest absolute Gasteiger partial charge is 0.397 e. The van der Waals surface area contributed by atoms with Crippen LogP contribution in [0.15, 0.2) is 23.1 Å². The number of nitrogens with zero attached hydrogens (tertiary/aromatic N) is 1. The minimum absolute atomic E-state index is 0.130. The Morgan fingerprint density at radius 1 is 1.45 bits per heavy atom. The van der Waals surface area contributed by atoms with Crippen molar-refractivity contribution in [3.8, 4) is 0 Å². The predicted molar refractivity (Wildman–Crippen MR) is 76.8 cm³/mol. The number of nitro groups is 1. The number of hydrogen-bond donors (Lipinski definition) is 2. The standard InChI is InChI=1S/C12H19N3O4S/c1-3-4-5-9(2)14-20(18,19)12-7-6-10(15(16)17)8-11(12)13/h6-9,14H,3-5,13H2,1-2H3. The highest BCUT2D eigenvalue weighted by Gasteiger charge is 2.21. The highest BCUT2D eigenvalue weighted by Crippen LogP contribution is 2.24. The number of hydrogen-bond acceptors (Lipinski definition) is 5. The number of nitrogen functional groups attached to an aromatic ring is 1. The molecule has 0 radical (unpaired) electrons. The van der Waals surface area contributed by atoms with Crippen LogP contribution in [0.3, 0.4) is 0 Å². The van der Waals surface area contributed by atoms with Crippen LogP contribution in [0.4, 0.5) is 11.4 Å². The number of nitrogens with two attached hydrogens (primary N) is 1. The van der Waals surface area contributed by atoms with E-state index in [-0.39, 0.29) is 22.3 Å². The molecule has 3 N–H and O–H groups in total. The Morgan fingerprint density at radius 2 is 2.10 bits per heavy atom. The van der Waals surface area contributed by atoms with Crippen LogP contribution in [-0.4, -0.2) is 19.4 Å². The average Bonchev–Trinajstić information content (AvgIpc) is 2.35. The summed E-state index contributed by atoms with van der Waals surface area (Å²) in [6, 6.07) is 3.12. The summed E-state index contributed by atoms with van der Waals surface area (Å²) in [5.41, 5.74) is 5.23. The molecule has 0 amide bonds. The van der Waals surface area contributed by atoms with E-state index in [9.17, 15) is 18.5 Å². The summed E-state index contributed by atoms with van der Waals surface area (Å²) in [6.07, 6.45) is 2.62. The second kappa shape index (κ2) is 6.67. The molecule has 0 heterocycles. The number of nitro benzene ring substituents is 1. The first-order valence-electron chi connectivity index (χ1n) is 6.34. The van der Waals surface area contributed by atoms with Crippen molar-refractivity contribution < 1.29 is 13.3 Å². The Hall–Kier alpha value is -1.67. The summed E-state index contributed by atoms with van der Waals surface area (Å²) < 4.78 is 26.8. The number of anilines is 1. The van der Waals surface area contributed by atoms with E-state index in [2.05, 4.69) is 4.72 Å². The Kier molecular flexibility index (Phi) is 5.46. The fourth-order valence-electron chi connectivity index (χ4n) is 1.79. The molecule has 8 heteroatoms. The van der Waals surface area contributed by atoms with Gasteiger partial charge >= 0.3 is 0 Å². The molecule has 1 atom stereocenters. The summed E-state index contributed by atoms with van der Waals surface area (Å²) in [5.74, 6) is 0. The lowest BCUT2D eigenvalue weighted by molar-refractivity contribution is -0.384. The molecule has 0 fully saturated rings. The van der Waals surface area contributed by atoms with Gasteiger partial charge in [0.2, 0.25) is 10.0 Å². The lowest BCUT2D eigenvalue weighted by Crippen LogP contribution is -2.33. The highest BCUT2D eigenvalue weighted by atomic mass is 32.2. The van der Waals surface area contributed by atoms with Gasteiger partial charge in [0.25, 0.3) is 5.69 Å². The maximum atomic E-state index is 12.1. The normalized spacial score (nSPS) is 13.1. The molecule has 0 saturated carbocycles. The van der Waals surface area contributed by atoms with E-state index >= 15 is 0 Å². The first kappa shape index (κ1) is 16.4. The summed E-state index contributed by atoms with van der Waals surface area (Å²) in [5, 5.41) is 10.6. The molecular formula is C12H19N3O4S. The maximum absolute atomic E-state index is 12.1. The fraction of sp³-hybridized carbons (Fsp3) is 0.500. The Labute approximate surface area is 118 Å². The van der Waals surface area contributed by atoms with E-state index in [1.165, 1.54) is 0 Å². The fourth-order valence-corrected chi connectivity index (χ4v) is 3.18. The number of sulfonamides is 1. The van der Waals surface area contributed by atoms with E-state index in [0.29, 0.717) is 0 Å². The zero-order valence-corrected chi connectivity index (χ0v) is 12.3. The van der Waals surface area contributed by atoms with Gasteiger partial charge in [0.1, 0.15) is 4.90 Å². The molecule has 0 aliphatic carbocycles. The van der Waals surface area contributed by atoms with Gasteiger partial charge in [-0.15, -0.1) is 0 Å². The molecule has 0 spiro atoms. The van der Waals surface area contributed by atoms with Crippen molar-refractivity contribution in [2.24, 2.45) is 0 Å². The van der Waals surface area contributed by atoms with Crippen LogP contribution < -0.4 is 10.5 Å². The van der Waals surface area contributed by atoms with Gasteiger partial charge in [0, 0.05) is 18.2 Å². The lowest BCUT2D eigenvalue weighted by Gasteiger charge is -2.14. The molecule has 20 heavy (non-hydrogen) atoms. The molecule has 0 aliphatic rings. The van der Waals surface area contributed by atoms with Crippen LogP contribution in [-0.2, 0) is 10.0 Å². The van der Waals surface area contributed by atoms with Gasteiger partial charge in [-0.05, 0) is 19.4 Å². The Bertz CT molecular complexity index is 586. The Morgan fingerprint density at radius 3 is 2.60 bits per heavy atom. The summed E-state index contributed by atoms with van der Waals surface area (Å²) >= 11 is 0. The number of unbranched alkanes of at least 4 members (excludes halogenated alkanes) is 1. The van der Waals surface area contributed by atoms with E-state index in [1.807, 2.05) is 6.92 Å². The molecule has 0 saturated heterocycles. The number of non-ortho nitro benzene ring substituents is 1. The monoisotopic (exact) mass is 301 g/mol. The van der Waals surface area contributed by atoms with Crippen LogP contribution in [0.5, 0.6) is 0 Å². The lowest BCUT2D eigenvalue weighted by atomic mass is 10.2. The molecule has 0 aromatic heterocycles. The first-order chi connectivity index (χ1) is 9.27. The van der Waals surface area contributed by atoms with Crippen LogP contribution >= 0.6 is 0 Å². The molecule has 0 bridgehead atoms. The first-order valence-corrected chi connectivity index (χ1v) is 7.82. The van der Waals surface area contributed by atoms with E-state index in [1.54, 1.807) is 6.92 Å². The van der Waals surface area contributed by atoms with Crippen LogP contribution in [0.25, 0.3) is 0 Å². The molecule has 1 unspecified atom stereocenters. The molecule has 1 rings (SSSR count). The topological polar surface area (TPSA) is 115 Å². The van der Waals surface area contributed by atoms with Crippen LogP contribution in [0.1, 0.15) is 33.1 Å². The van der Waals surface area contributed by atoms with Gasteiger partial charge in [-0.25, -0.2) is 13.1 Å². The molecular weight excluding hydrogens is 282 g/mol. The van der Waals surface area contributed by atoms with Crippen molar-refractivity contribution in [3.63, 3.8) is 0 Å². The van der Waals surface area contributed by atoms with Gasteiger partial charge in [-0.1, -0.05) is 19.8 Å². The van der Waals surface area contributed by atoms with Gasteiger partial charge in [0.05, 0.1) is 10.6 Å². The van der Waals surface area contributed by atoms with Crippen molar-refractivity contribution >= 4 is 21.4 Å². The van der Waals surface area contributed by atoms with E-state index in [4.69, 9.17) is 5.73 Å². The smallest absolute Gasteiger partial charge is 0.271 e. The zero-order valence-electron chi connectivity index (χ0n) is 11.5. The molecule has 7 nitrogen and oxygen atoms in total. The third-order valence-corrected chi connectivity index (χ3v) is 4.50. The summed E-state index contributed by atoms with van der Waals surface area (Å²) in [6.45, 7) is 3.80. The summed E-state index contributed by atoms with van der Waals surface area (Å²) in [4.78, 5) is 9.84. The average molecular weight is 301 g/mol. The van der Waals surface area contributed by atoms with Gasteiger partial charge in [0.15, 0.2) is 0 Å². The van der Waals surface area contributed by atoms with E-state index in [0.717, 1.165) is 37.5 Å². The Balaban J connectivity index is 2.95. The van der Waals surface area contributed by atoms with E-state index < -0.39 is 14.9 Å². The van der Waals surface area contributed by atoms with Gasteiger partial charge in [-0.2, -0.15) is 0 Å². The van der Waals surface area contributed by atoms with Crippen molar-refractivity contribution in [3.05, 3.63) is 28.3 Å². The van der Waals surface area contributed by atoms with Crippen LogP contribution in [0, 0.1) is 10.1 Å². The van der Waals surface area contributed by atoms with Crippen molar-refractivity contribution in [2.75, 3.05) is 5.73 Å². The second-order valence-corrected chi connectivity index (χ2v) is 6.33. The minimum atomic E-state index is -3.76. The number of benzene rings is 1.